The van der Waals surface area contributed by atoms with Crippen LogP contribution in [0, 0.1) is 11.7 Å². The number of ether oxygens (including phenoxy) is 1. The van der Waals surface area contributed by atoms with Crippen molar-refractivity contribution >= 4 is 28.9 Å². The lowest BCUT2D eigenvalue weighted by Gasteiger charge is -2.11. The Kier molecular flexibility index (Phi) is 3.90. The van der Waals surface area contributed by atoms with Crippen LogP contribution in [-0.4, -0.2) is 19.8 Å². The quantitative estimate of drug-likeness (QED) is 0.842. The maximum Gasteiger partial charge on any atom is 0.160 e. The van der Waals surface area contributed by atoms with Gasteiger partial charge in [0.1, 0.15) is 0 Å². The van der Waals surface area contributed by atoms with Gasteiger partial charge in [-0.1, -0.05) is 23.2 Å². The normalized spacial score (nSPS) is 20.1. The maximum atomic E-state index is 13.1. The van der Waals surface area contributed by atoms with E-state index in [1.807, 2.05) is 0 Å². The molecule has 0 radical (unpaired) electrons. The van der Waals surface area contributed by atoms with Crippen LogP contribution in [0.1, 0.15) is 6.42 Å². The molecule has 1 aliphatic rings. The van der Waals surface area contributed by atoms with Crippen LogP contribution >= 0.6 is 23.2 Å². The predicted octanol–water partition coefficient (Wildman–Crippen LogP) is 3.58. The van der Waals surface area contributed by atoms with E-state index in [1.165, 1.54) is 0 Å². The summed E-state index contributed by atoms with van der Waals surface area (Å²) in [5.74, 6) is -0.0688. The molecule has 88 valence electrons. The lowest BCUT2D eigenvalue weighted by Crippen LogP contribution is -2.14. The number of nitrogens with one attached hydrogen (secondary N) is 1. The molecule has 1 unspecified atom stereocenters. The molecule has 0 aliphatic carbocycles. The third kappa shape index (κ3) is 2.78. The molecule has 16 heavy (non-hydrogen) atoms. The highest BCUT2D eigenvalue weighted by atomic mass is 35.5. The molecule has 0 spiro atoms. The highest BCUT2D eigenvalue weighted by Crippen LogP contribution is 2.27. The van der Waals surface area contributed by atoms with Crippen molar-refractivity contribution in [2.45, 2.75) is 6.42 Å². The third-order valence-electron chi connectivity index (χ3n) is 2.60. The van der Waals surface area contributed by atoms with Gasteiger partial charge in [0.25, 0.3) is 0 Å². The van der Waals surface area contributed by atoms with Gasteiger partial charge in [-0.2, -0.15) is 0 Å². The number of anilines is 1. The molecule has 5 heteroatoms. The lowest BCUT2D eigenvalue weighted by molar-refractivity contribution is 0.187. The van der Waals surface area contributed by atoms with Gasteiger partial charge in [-0.05, 0) is 18.6 Å². The second-order valence-electron chi connectivity index (χ2n) is 3.86. The van der Waals surface area contributed by atoms with Crippen molar-refractivity contribution in [1.29, 1.82) is 0 Å². The average molecular weight is 264 g/mol. The standard InChI is InChI=1S/C11H12Cl2FNO/c12-9-3-8(4-10(13)11(9)14)15-5-7-1-2-16-6-7/h3-4,7,15H,1-2,5-6H2. The lowest BCUT2D eigenvalue weighted by atomic mass is 10.1. The fourth-order valence-electron chi connectivity index (χ4n) is 1.66. The molecule has 0 bridgehead atoms. The van der Waals surface area contributed by atoms with Crippen LogP contribution in [0.4, 0.5) is 10.1 Å². The van der Waals surface area contributed by atoms with E-state index in [0.717, 1.165) is 31.9 Å². The zero-order chi connectivity index (χ0) is 11.5. The van der Waals surface area contributed by atoms with Gasteiger partial charge < -0.3 is 10.1 Å². The molecular formula is C11H12Cl2FNO. The van der Waals surface area contributed by atoms with Crippen LogP contribution in [0.15, 0.2) is 12.1 Å². The Morgan fingerprint density at radius 3 is 2.62 bits per heavy atom. The SMILES string of the molecule is Fc1c(Cl)cc(NCC2CCOC2)cc1Cl. The van der Waals surface area contributed by atoms with Gasteiger partial charge in [-0.15, -0.1) is 0 Å². The van der Waals surface area contributed by atoms with Crippen LogP contribution in [0.5, 0.6) is 0 Å². The summed E-state index contributed by atoms with van der Waals surface area (Å²) in [5.41, 5.74) is 0.739. The number of benzene rings is 1. The van der Waals surface area contributed by atoms with E-state index in [0.29, 0.717) is 5.92 Å². The smallest absolute Gasteiger partial charge is 0.160 e. The van der Waals surface area contributed by atoms with Crippen molar-refractivity contribution in [3.8, 4) is 0 Å². The highest BCUT2D eigenvalue weighted by Gasteiger charge is 2.15. The topological polar surface area (TPSA) is 21.3 Å². The van der Waals surface area contributed by atoms with E-state index in [1.54, 1.807) is 12.1 Å². The van der Waals surface area contributed by atoms with Gasteiger partial charge in [-0.25, -0.2) is 4.39 Å². The van der Waals surface area contributed by atoms with E-state index in [2.05, 4.69) is 5.32 Å². The molecule has 1 aromatic rings. The summed E-state index contributed by atoms with van der Waals surface area (Å²) in [6.07, 6.45) is 1.05. The fraction of sp³-hybridized carbons (Fsp3) is 0.455. The van der Waals surface area contributed by atoms with Crippen molar-refractivity contribution < 1.29 is 9.13 Å². The minimum Gasteiger partial charge on any atom is -0.385 e. The Morgan fingerprint density at radius 1 is 1.38 bits per heavy atom. The third-order valence-corrected chi connectivity index (χ3v) is 3.15. The van der Waals surface area contributed by atoms with Crippen molar-refractivity contribution in [3.05, 3.63) is 28.0 Å². The second kappa shape index (κ2) is 5.21. The van der Waals surface area contributed by atoms with Gasteiger partial charge in [-0.3, -0.25) is 0 Å². The number of rotatable bonds is 3. The van der Waals surface area contributed by atoms with Crippen molar-refractivity contribution in [2.24, 2.45) is 5.92 Å². The first-order chi connectivity index (χ1) is 7.66. The van der Waals surface area contributed by atoms with Crippen LogP contribution in [0.3, 0.4) is 0 Å². The minimum atomic E-state index is -0.571. The molecule has 1 aromatic carbocycles. The predicted molar refractivity (Wildman–Crippen MR) is 63.8 cm³/mol. The Labute approximate surface area is 104 Å². The molecule has 1 N–H and O–H groups in total. The summed E-state index contributed by atoms with van der Waals surface area (Å²) in [4.78, 5) is 0. The van der Waals surface area contributed by atoms with E-state index >= 15 is 0 Å². The van der Waals surface area contributed by atoms with Crippen LogP contribution in [0.2, 0.25) is 10.0 Å². The van der Waals surface area contributed by atoms with E-state index < -0.39 is 5.82 Å². The molecule has 0 saturated carbocycles. The Hall–Kier alpha value is -0.510. The van der Waals surface area contributed by atoms with E-state index in [9.17, 15) is 4.39 Å². The molecule has 1 aliphatic heterocycles. The molecule has 0 amide bonds. The van der Waals surface area contributed by atoms with Gasteiger partial charge in [0, 0.05) is 24.8 Å². The number of hydrogen-bond donors (Lipinski definition) is 1. The monoisotopic (exact) mass is 263 g/mol. The first kappa shape index (κ1) is 12.0. The van der Waals surface area contributed by atoms with Gasteiger partial charge in [0.05, 0.1) is 16.7 Å². The summed E-state index contributed by atoms with van der Waals surface area (Å²) in [7, 11) is 0. The Balaban J connectivity index is 1.98. The fourth-order valence-corrected chi connectivity index (χ4v) is 2.15. The minimum absolute atomic E-state index is 0.0395. The largest absolute Gasteiger partial charge is 0.385 e. The molecule has 1 atom stereocenters. The van der Waals surface area contributed by atoms with Crippen molar-refractivity contribution in [2.75, 3.05) is 25.1 Å². The zero-order valence-electron chi connectivity index (χ0n) is 8.60. The van der Waals surface area contributed by atoms with Crippen molar-refractivity contribution in [3.63, 3.8) is 0 Å². The van der Waals surface area contributed by atoms with E-state index in [-0.39, 0.29) is 10.0 Å². The summed E-state index contributed by atoms with van der Waals surface area (Å²) >= 11 is 11.4. The maximum absolute atomic E-state index is 13.1. The first-order valence-corrected chi connectivity index (χ1v) is 5.88. The van der Waals surface area contributed by atoms with Gasteiger partial charge in [0.2, 0.25) is 0 Å². The molecule has 1 fully saturated rings. The van der Waals surface area contributed by atoms with Gasteiger partial charge in [0.15, 0.2) is 5.82 Å². The summed E-state index contributed by atoms with van der Waals surface area (Å²) < 4.78 is 18.4. The second-order valence-corrected chi connectivity index (χ2v) is 4.68. The zero-order valence-corrected chi connectivity index (χ0v) is 10.1. The Bertz CT molecular complexity index is 357. The van der Waals surface area contributed by atoms with Crippen LogP contribution < -0.4 is 5.32 Å². The summed E-state index contributed by atoms with van der Waals surface area (Å²) in [6.45, 7) is 2.38. The molecule has 1 saturated heterocycles. The Morgan fingerprint density at radius 2 is 2.06 bits per heavy atom. The number of hydrogen-bond acceptors (Lipinski definition) is 2. The molecule has 2 rings (SSSR count). The molecule has 1 heterocycles. The van der Waals surface area contributed by atoms with E-state index in [4.69, 9.17) is 27.9 Å². The van der Waals surface area contributed by atoms with Crippen molar-refractivity contribution in [1.82, 2.24) is 0 Å². The molecule has 2 nitrogen and oxygen atoms in total. The summed E-state index contributed by atoms with van der Waals surface area (Å²) in [6, 6.07) is 3.08. The first-order valence-electron chi connectivity index (χ1n) is 5.13. The molecular weight excluding hydrogens is 252 g/mol. The highest BCUT2D eigenvalue weighted by molar-refractivity contribution is 6.35. The van der Waals surface area contributed by atoms with Gasteiger partial charge >= 0.3 is 0 Å². The summed E-state index contributed by atoms with van der Waals surface area (Å²) in [5, 5.41) is 3.26. The van der Waals surface area contributed by atoms with Crippen LogP contribution in [-0.2, 0) is 4.74 Å². The van der Waals surface area contributed by atoms with Crippen LogP contribution in [0.25, 0.3) is 0 Å². The number of halogens is 3. The average Bonchev–Trinajstić information content (AvgIpc) is 2.75. The molecule has 0 aromatic heterocycles.